The van der Waals surface area contributed by atoms with Crippen molar-refractivity contribution in [1.82, 2.24) is 14.9 Å². The molecule has 126 valence electrons. The second kappa shape index (κ2) is 6.99. The van der Waals surface area contributed by atoms with Gasteiger partial charge in [0.05, 0.1) is 6.61 Å². The van der Waals surface area contributed by atoms with Crippen molar-refractivity contribution in [2.45, 2.75) is 26.2 Å². The van der Waals surface area contributed by atoms with Crippen molar-refractivity contribution in [3.63, 3.8) is 0 Å². The second-order valence-electron chi connectivity index (χ2n) is 6.95. The van der Waals surface area contributed by atoms with Crippen LogP contribution in [0.1, 0.15) is 23.4 Å². The highest BCUT2D eigenvalue weighted by Gasteiger charge is 2.23. The number of rotatable bonds is 3. The molecule has 0 amide bonds. The van der Waals surface area contributed by atoms with Crippen molar-refractivity contribution >= 4 is 0 Å². The SMILES string of the molecule is Cc1nc(-c2ccccc2)nc2c1CCN(CC1CCOC1)CC2. The van der Waals surface area contributed by atoms with Crippen molar-refractivity contribution in [1.29, 1.82) is 0 Å². The Morgan fingerprint density at radius 1 is 1.12 bits per heavy atom. The van der Waals surface area contributed by atoms with Gasteiger partial charge in [0.25, 0.3) is 0 Å². The lowest BCUT2D eigenvalue weighted by atomic mass is 10.1. The van der Waals surface area contributed by atoms with E-state index in [0.717, 1.165) is 62.8 Å². The molecule has 4 nitrogen and oxygen atoms in total. The summed E-state index contributed by atoms with van der Waals surface area (Å²) in [4.78, 5) is 12.3. The first-order valence-electron chi connectivity index (χ1n) is 9.01. The Hall–Kier alpha value is -1.78. The molecule has 4 rings (SSSR count). The molecule has 0 radical (unpaired) electrons. The molecule has 4 heteroatoms. The fraction of sp³-hybridized carbons (Fsp3) is 0.500. The van der Waals surface area contributed by atoms with Gasteiger partial charge >= 0.3 is 0 Å². The molecule has 1 aromatic carbocycles. The number of hydrogen-bond donors (Lipinski definition) is 0. The van der Waals surface area contributed by atoms with Crippen LogP contribution in [0.5, 0.6) is 0 Å². The van der Waals surface area contributed by atoms with E-state index in [1.165, 1.54) is 17.7 Å². The van der Waals surface area contributed by atoms with E-state index < -0.39 is 0 Å². The van der Waals surface area contributed by atoms with Crippen LogP contribution in [-0.4, -0.2) is 47.7 Å². The molecule has 2 aliphatic rings. The zero-order chi connectivity index (χ0) is 16.4. The minimum absolute atomic E-state index is 0.707. The molecule has 2 aliphatic heterocycles. The molecule has 1 aromatic heterocycles. The molecule has 0 N–H and O–H groups in total. The normalized spacial score (nSPS) is 21.5. The van der Waals surface area contributed by atoms with Gasteiger partial charge in [0, 0.05) is 49.6 Å². The number of nitrogens with zero attached hydrogens (tertiary/aromatic N) is 3. The van der Waals surface area contributed by atoms with Crippen LogP contribution in [0, 0.1) is 12.8 Å². The van der Waals surface area contributed by atoms with E-state index in [4.69, 9.17) is 14.7 Å². The second-order valence-corrected chi connectivity index (χ2v) is 6.95. The fourth-order valence-corrected chi connectivity index (χ4v) is 3.82. The van der Waals surface area contributed by atoms with E-state index in [1.807, 2.05) is 18.2 Å². The third-order valence-electron chi connectivity index (χ3n) is 5.21. The molecular weight excluding hydrogens is 298 g/mol. The maximum atomic E-state index is 5.53. The Kier molecular flexibility index (Phi) is 4.58. The zero-order valence-corrected chi connectivity index (χ0v) is 14.4. The quantitative estimate of drug-likeness (QED) is 0.870. The molecule has 2 aromatic rings. The highest BCUT2D eigenvalue weighted by molar-refractivity contribution is 5.55. The average Bonchev–Trinajstić information content (AvgIpc) is 3.03. The maximum Gasteiger partial charge on any atom is 0.159 e. The summed E-state index contributed by atoms with van der Waals surface area (Å²) in [6.45, 7) is 7.36. The predicted molar refractivity (Wildman–Crippen MR) is 95.0 cm³/mol. The largest absolute Gasteiger partial charge is 0.381 e. The molecule has 0 aliphatic carbocycles. The monoisotopic (exact) mass is 323 g/mol. The Balaban J connectivity index is 1.53. The molecular formula is C20H25N3O. The number of benzene rings is 1. The van der Waals surface area contributed by atoms with Gasteiger partial charge in [-0.1, -0.05) is 30.3 Å². The van der Waals surface area contributed by atoms with E-state index in [9.17, 15) is 0 Å². The maximum absolute atomic E-state index is 5.53. The van der Waals surface area contributed by atoms with Crippen LogP contribution in [0.15, 0.2) is 30.3 Å². The summed E-state index contributed by atoms with van der Waals surface area (Å²) >= 11 is 0. The molecule has 1 saturated heterocycles. The van der Waals surface area contributed by atoms with Gasteiger partial charge in [-0.05, 0) is 31.2 Å². The van der Waals surface area contributed by atoms with Gasteiger partial charge in [0.15, 0.2) is 5.82 Å². The van der Waals surface area contributed by atoms with Gasteiger partial charge in [-0.2, -0.15) is 0 Å². The summed E-state index contributed by atoms with van der Waals surface area (Å²) in [5.41, 5.74) is 4.85. The van der Waals surface area contributed by atoms with E-state index >= 15 is 0 Å². The van der Waals surface area contributed by atoms with Crippen LogP contribution < -0.4 is 0 Å². The number of fused-ring (bicyclic) bond motifs is 1. The minimum Gasteiger partial charge on any atom is -0.381 e. The first kappa shape index (κ1) is 15.7. The van der Waals surface area contributed by atoms with Crippen LogP contribution in [0.4, 0.5) is 0 Å². The highest BCUT2D eigenvalue weighted by Crippen LogP contribution is 2.23. The molecule has 0 spiro atoms. The summed E-state index contributed by atoms with van der Waals surface area (Å²) in [6, 6.07) is 10.3. The number of ether oxygens (including phenoxy) is 1. The van der Waals surface area contributed by atoms with Gasteiger partial charge in [-0.3, -0.25) is 0 Å². The molecule has 3 heterocycles. The van der Waals surface area contributed by atoms with Crippen LogP contribution >= 0.6 is 0 Å². The molecule has 0 saturated carbocycles. The van der Waals surface area contributed by atoms with Gasteiger partial charge in [-0.15, -0.1) is 0 Å². The predicted octanol–water partition coefficient (Wildman–Crippen LogP) is 2.89. The average molecular weight is 323 g/mol. The Bertz CT molecular complexity index is 696. The third kappa shape index (κ3) is 3.35. The van der Waals surface area contributed by atoms with E-state index in [-0.39, 0.29) is 0 Å². The Morgan fingerprint density at radius 3 is 2.75 bits per heavy atom. The smallest absolute Gasteiger partial charge is 0.159 e. The topological polar surface area (TPSA) is 38.2 Å². The van der Waals surface area contributed by atoms with Crippen LogP contribution in [0.25, 0.3) is 11.4 Å². The summed E-state index contributed by atoms with van der Waals surface area (Å²) in [5.74, 6) is 1.57. The summed E-state index contributed by atoms with van der Waals surface area (Å²) in [6.07, 6.45) is 3.29. The van der Waals surface area contributed by atoms with Gasteiger partial charge < -0.3 is 9.64 Å². The van der Waals surface area contributed by atoms with Gasteiger partial charge in [0.1, 0.15) is 0 Å². The van der Waals surface area contributed by atoms with Crippen molar-refractivity contribution in [3.8, 4) is 11.4 Å². The lowest BCUT2D eigenvalue weighted by Gasteiger charge is -2.22. The molecule has 1 unspecified atom stereocenters. The van der Waals surface area contributed by atoms with E-state index in [0.29, 0.717) is 5.92 Å². The number of hydrogen-bond acceptors (Lipinski definition) is 4. The number of aromatic nitrogens is 2. The summed E-state index contributed by atoms with van der Waals surface area (Å²) in [5, 5.41) is 0. The van der Waals surface area contributed by atoms with Crippen LogP contribution in [0.2, 0.25) is 0 Å². The Morgan fingerprint density at radius 2 is 1.96 bits per heavy atom. The minimum atomic E-state index is 0.707. The Labute approximate surface area is 143 Å². The van der Waals surface area contributed by atoms with Gasteiger partial charge in [-0.25, -0.2) is 9.97 Å². The standard InChI is InChI=1S/C20H25N3O/c1-15-18-7-10-23(13-16-9-12-24-14-16)11-8-19(18)22-20(21-15)17-5-3-2-4-6-17/h2-6,16H,7-14H2,1H3. The number of aryl methyl sites for hydroxylation is 1. The zero-order valence-electron chi connectivity index (χ0n) is 14.4. The van der Waals surface area contributed by atoms with Gasteiger partial charge in [0.2, 0.25) is 0 Å². The fourth-order valence-electron chi connectivity index (χ4n) is 3.82. The summed E-state index contributed by atoms with van der Waals surface area (Å²) in [7, 11) is 0. The lowest BCUT2D eigenvalue weighted by Crippen LogP contribution is -2.32. The first-order chi connectivity index (χ1) is 11.8. The van der Waals surface area contributed by atoms with Crippen molar-refractivity contribution < 1.29 is 4.74 Å². The lowest BCUT2D eigenvalue weighted by molar-refractivity contribution is 0.168. The molecule has 0 bridgehead atoms. The van der Waals surface area contributed by atoms with Crippen LogP contribution in [-0.2, 0) is 17.6 Å². The third-order valence-corrected chi connectivity index (χ3v) is 5.21. The highest BCUT2D eigenvalue weighted by atomic mass is 16.5. The van der Waals surface area contributed by atoms with E-state index in [1.54, 1.807) is 0 Å². The first-order valence-corrected chi connectivity index (χ1v) is 9.01. The van der Waals surface area contributed by atoms with Crippen LogP contribution in [0.3, 0.4) is 0 Å². The summed E-state index contributed by atoms with van der Waals surface area (Å²) < 4.78 is 5.53. The van der Waals surface area contributed by atoms with Crippen molar-refractivity contribution in [2.75, 3.05) is 32.8 Å². The van der Waals surface area contributed by atoms with Crippen molar-refractivity contribution in [2.24, 2.45) is 5.92 Å². The molecule has 24 heavy (non-hydrogen) atoms. The molecule has 1 fully saturated rings. The van der Waals surface area contributed by atoms with Crippen molar-refractivity contribution in [3.05, 3.63) is 47.3 Å². The molecule has 1 atom stereocenters. The van der Waals surface area contributed by atoms with E-state index in [2.05, 4.69) is 24.0 Å².